The van der Waals surface area contributed by atoms with Crippen LogP contribution in [-0.4, -0.2) is 65.9 Å². The van der Waals surface area contributed by atoms with Crippen LogP contribution in [0.15, 0.2) is 18.2 Å². The summed E-state index contributed by atoms with van der Waals surface area (Å²) in [5.41, 5.74) is 3.12. The van der Waals surface area contributed by atoms with Gasteiger partial charge in [-0.25, -0.2) is 13.5 Å². The number of likely N-dealkylation sites (tertiary alicyclic amines) is 1. The van der Waals surface area contributed by atoms with Gasteiger partial charge in [0.1, 0.15) is 11.5 Å². The quantitative estimate of drug-likeness (QED) is 0.787. The van der Waals surface area contributed by atoms with E-state index in [0.717, 1.165) is 62.0 Å². The molecule has 1 aromatic heterocycles. The van der Waals surface area contributed by atoms with Gasteiger partial charge in [-0.15, -0.1) is 0 Å². The number of hydrogen-bond donors (Lipinski definition) is 1. The third kappa shape index (κ3) is 4.96. The average molecular weight is 392 g/mol. The van der Waals surface area contributed by atoms with Crippen LogP contribution < -0.4 is 5.32 Å². The van der Waals surface area contributed by atoms with Crippen LogP contribution in [0.25, 0.3) is 5.69 Å². The van der Waals surface area contributed by atoms with Crippen molar-refractivity contribution in [3.05, 3.63) is 46.8 Å². The minimum Gasteiger partial charge on any atom is -0.310 e. The zero-order valence-electron chi connectivity index (χ0n) is 17.3. The fourth-order valence-corrected chi connectivity index (χ4v) is 3.77. The van der Waals surface area contributed by atoms with Gasteiger partial charge in [0.05, 0.1) is 5.69 Å². The van der Waals surface area contributed by atoms with Crippen molar-refractivity contribution in [1.29, 1.82) is 0 Å². The van der Waals surface area contributed by atoms with Crippen LogP contribution in [0.1, 0.15) is 29.8 Å². The van der Waals surface area contributed by atoms with Crippen molar-refractivity contribution in [3.63, 3.8) is 0 Å². The van der Waals surface area contributed by atoms with E-state index in [-0.39, 0.29) is 5.69 Å². The third-order valence-corrected chi connectivity index (χ3v) is 5.60. The van der Waals surface area contributed by atoms with Gasteiger partial charge in [0.25, 0.3) is 0 Å². The first-order chi connectivity index (χ1) is 13.3. The number of hydrogen-bond acceptors (Lipinski definition) is 4. The van der Waals surface area contributed by atoms with Gasteiger partial charge in [0.15, 0.2) is 5.82 Å². The topological polar surface area (TPSA) is 36.3 Å². The molecule has 0 spiro atoms. The summed E-state index contributed by atoms with van der Waals surface area (Å²) in [6, 6.07) is 4.08. The van der Waals surface area contributed by atoms with Crippen LogP contribution in [0.5, 0.6) is 0 Å². The Kier molecular flexibility index (Phi) is 6.80. The number of nitrogens with zero attached hydrogens (tertiary/aromatic N) is 4. The summed E-state index contributed by atoms with van der Waals surface area (Å²) in [4.78, 5) is 4.74. The van der Waals surface area contributed by atoms with Crippen molar-refractivity contribution in [2.24, 2.45) is 0 Å². The van der Waals surface area contributed by atoms with Crippen LogP contribution in [-0.2, 0) is 6.54 Å². The minimum absolute atomic E-state index is 0.280. The molecule has 0 atom stereocenters. The molecule has 1 aliphatic heterocycles. The lowest BCUT2D eigenvalue weighted by Crippen LogP contribution is -2.44. The maximum atomic E-state index is 14.2. The number of aromatic nitrogens is 2. The zero-order valence-corrected chi connectivity index (χ0v) is 17.3. The first-order valence-electron chi connectivity index (χ1n) is 9.96. The number of halogens is 2. The highest BCUT2D eigenvalue weighted by molar-refractivity contribution is 5.38. The van der Waals surface area contributed by atoms with Crippen molar-refractivity contribution in [1.82, 2.24) is 24.9 Å². The second-order valence-electron chi connectivity index (χ2n) is 7.96. The molecule has 7 heteroatoms. The van der Waals surface area contributed by atoms with Gasteiger partial charge >= 0.3 is 0 Å². The number of piperidine rings is 1. The Morgan fingerprint density at radius 3 is 2.54 bits per heavy atom. The van der Waals surface area contributed by atoms with Crippen molar-refractivity contribution < 1.29 is 8.78 Å². The van der Waals surface area contributed by atoms with Crippen molar-refractivity contribution in [2.75, 3.05) is 40.3 Å². The Bertz CT molecular complexity index is 794. The van der Waals surface area contributed by atoms with E-state index in [1.54, 1.807) is 4.68 Å². The van der Waals surface area contributed by atoms with Gasteiger partial charge < -0.3 is 15.1 Å². The molecule has 2 aromatic rings. The summed E-state index contributed by atoms with van der Waals surface area (Å²) < 4.78 is 28.9. The summed E-state index contributed by atoms with van der Waals surface area (Å²) >= 11 is 0. The largest absolute Gasteiger partial charge is 0.310 e. The Hall–Kier alpha value is -1.83. The maximum Gasteiger partial charge on any atom is 0.151 e. The number of aryl methyl sites for hydroxylation is 1. The van der Waals surface area contributed by atoms with E-state index in [9.17, 15) is 8.78 Å². The zero-order chi connectivity index (χ0) is 20.3. The molecule has 0 aliphatic carbocycles. The molecule has 28 heavy (non-hydrogen) atoms. The van der Waals surface area contributed by atoms with Gasteiger partial charge in [0.2, 0.25) is 0 Å². The Labute approximate surface area is 166 Å². The molecule has 1 N–H and O–H groups in total. The second kappa shape index (κ2) is 9.11. The van der Waals surface area contributed by atoms with Gasteiger partial charge in [-0.3, -0.25) is 0 Å². The maximum absolute atomic E-state index is 14.2. The fraction of sp³-hybridized carbons (Fsp3) is 0.571. The number of rotatable bonds is 7. The Morgan fingerprint density at radius 2 is 1.89 bits per heavy atom. The van der Waals surface area contributed by atoms with Crippen LogP contribution in [0, 0.1) is 25.5 Å². The lowest BCUT2D eigenvalue weighted by atomic mass is 10.0. The van der Waals surface area contributed by atoms with E-state index in [4.69, 9.17) is 0 Å². The molecular weight excluding hydrogens is 360 g/mol. The molecule has 1 aromatic carbocycles. The molecule has 1 fully saturated rings. The van der Waals surface area contributed by atoms with Crippen LogP contribution >= 0.6 is 0 Å². The molecule has 0 radical (unpaired) electrons. The fourth-order valence-electron chi connectivity index (χ4n) is 3.77. The van der Waals surface area contributed by atoms with Crippen LogP contribution in [0.3, 0.4) is 0 Å². The van der Waals surface area contributed by atoms with Gasteiger partial charge in [-0.1, -0.05) is 0 Å². The van der Waals surface area contributed by atoms with E-state index in [2.05, 4.69) is 34.3 Å². The lowest BCUT2D eigenvalue weighted by Gasteiger charge is -2.33. The summed E-state index contributed by atoms with van der Waals surface area (Å²) in [6.07, 6.45) is 2.26. The predicted molar refractivity (Wildman–Crippen MR) is 108 cm³/mol. The molecule has 0 bridgehead atoms. The second-order valence-corrected chi connectivity index (χ2v) is 7.96. The smallest absolute Gasteiger partial charge is 0.151 e. The van der Waals surface area contributed by atoms with Crippen LogP contribution in [0.4, 0.5) is 8.78 Å². The van der Waals surface area contributed by atoms with E-state index in [0.29, 0.717) is 12.6 Å². The highest BCUT2D eigenvalue weighted by Crippen LogP contribution is 2.21. The molecule has 1 aliphatic rings. The minimum atomic E-state index is -0.602. The number of likely N-dealkylation sites (N-methyl/N-ethyl adjacent to an activating group) is 1. The van der Waals surface area contributed by atoms with Crippen LogP contribution in [0.2, 0.25) is 0 Å². The molecule has 0 saturated carbocycles. The number of benzene rings is 1. The molecule has 5 nitrogen and oxygen atoms in total. The molecule has 0 unspecified atom stereocenters. The summed E-state index contributed by atoms with van der Waals surface area (Å²) in [7, 11) is 4.22. The van der Waals surface area contributed by atoms with E-state index < -0.39 is 11.6 Å². The average Bonchev–Trinajstić information content (AvgIpc) is 2.93. The summed E-state index contributed by atoms with van der Waals surface area (Å²) in [5.74, 6) is -1.18. The lowest BCUT2D eigenvalue weighted by molar-refractivity contribution is 0.182. The normalized spacial score (nSPS) is 16.2. The van der Waals surface area contributed by atoms with Gasteiger partial charge in [-0.2, -0.15) is 5.10 Å². The first-order valence-corrected chi connectivity index (χ1v) is 9.96. The molecule has 1 saturated heterocycles. The molecule has 2 heterocycles. The predicted octanol–water partition coefficient (Wildman–Crippen LogP) is 2.88. The number of nitrogens with one attached hydrogen (secondary N) is 1. The van der Waals surface area contributed by atoms with E-state index >= 15 is 0 Å². The first kappa shape index (κ1) is 20.9. The van der Waals surface area contributed by atoms with Gasteiger partial charge in [0, 0.05) is 43.0 Å². The van der Waals surface area contributed by atoms with Crippen molar-refractivity contribution in [2.45, 2.75) is 39.3 Å². The highest BCUT2D eigenvalue weighted by Gasteiger charge is 2.21. The molecule has 154 valence electrons. The summed E-state index contributed by atoms with van der Waals surface area (Å²) in [6.45, 7) is 9.02. The standard InChI is InChI=1S/C21H31F2N5/c1-15-19(14-24-18-7-9-27(10-8-18)12-11-26(3)4)16(2)28(25-15)21-6-5-17(22)13-20(21)23/h5-6,13,18,24H,7-12,14H2,1-4H3. The van der Waals surface area contributed by atoms with Crippen molar-refractivity contribution >= 4 is 0 Å². The van der Waals surface area contributed by atoms with Gasteiger partial charge in [-0.05, 0) is 66.0 Å². The van der Waals surface area contributed by atoms with Crippen molar-refractivity contribution in [3.8, 4) is 5.69 Å². The van der Waals surface area contributed by atoms with E-state index in [1.807, 2.05) is 13.8 Å². The highest BCUT2D eigenvalue weighted by atomic mass is 19.1. The third-order valence-electron chi connectivity index (χ3n) is 5.60. The monoisotopic (exact) mass is 391 g/mol. The Balaban J connectivity index is 1.59. The molecular formula is C21H31F2N5. The Morgan fingerprint density at radius 1 is 1.18 bits per heavy atom. The molecule has 0 amide bonds. The SMILES string of the molecule is Cc1nn(-c2ccc(F)cc2F)c(C)c1CNC1CCN(CCN(C)C)CC1. The molecule has 3 rings (SSSR count). The summed E-state index contributed by atoms with van der Waals surface area (Å²) in [5, 5.41) is 8.14. The van der Waals surface area contributed by atoms with E-state index in [1.165, 1.54) is 12.1 Å².